The number of nitrogens with two attached hydrogens (primary N) is 1. The minimum atomic E-state index is -2.79. The predicted octanol–water partition coefficient (Wildman–Crippen LogP) is 2.71. The first kappa shape index (κ1) is 34.3. The fourth-order valence-corrected chi connectivity index (χ4v) is 7.49. The van der Waals surface area contributed by atoms with Crippen LogP contribution in [0.1, 0.15) is 40.2 Å². The van der Waals surface area contributed by atoms with Gasteiger partial charge in [0.15, 0.2) is 29.2 Å². The Hall–Kier alpha value is -1.77. The molecule has 1 rings (SSSR count). The average Bonchev–Trinajstić information content (AvgIpc) is 2.80. The third-order valence-corrected chi connectivity index (χ3v) is 8.77. The number of carbonyl (C=O) groups is 6. The molecule has 0 spiro atoms. The van der Waals surface area contributed by atoms with E-state index in [-0.39, 0.29) is 24.4 Å². The summed E-state index contributed by atoms with van der Waals surface area (Å²) in [7, 11) is 0. The van der Waals surface area contributed by atoms with E-state index in [0.29, 0.717) is 16.4 Å². The van der Waals surface area contributed by atoms with E-state index in [1.807, 2.05) is 67.8 Å². The molecule has 2 atom stereocenters. The smallest absolute Gasteiger partial charge is 0.325 e. The number of hydrogen-bond donors (Lipinski definition) is 3. The maximum absolute atomic E-state index is 13.6. The lowest BCUT2D eigenvalue weighted by Gasteiger charge is -2.32. The fraction of sp³-hybridized carbons (Fsp3) is 0.478. The third kappa shape index (κ3) is 8.12. The van der Waals surface area contributed by atoms with Gasteiger partial charge in [-0.3, -0.25) is 28.8 Å². The summed E-state index contributed by atoms with van der Waals surface area (Å²) in [5.74, 6) is -6.38. The predicted molar refractivity (Wildman–Crippen MR) is 160 cm³/mol. The molecule has 38 heavy (non-hydrogen) atoms. The summed E-state index contributed by atoms with van der Waals surface area (Å²) in [5, 5.41) is 13.5. The van der Waals surface area contributed by atoms with Crippen LogP contribution in [0.4, 0.5) is 11.4 Å². The Balaban J connectivity index is 3.81. The van der Waals surface area contributed by atoms with Crippen molar-refractivity contribution >= 4 is 115 Å². The van der Waals surface area contributed by atoms with Crippen molar-refractivity contribution in [1.29, 1.82) is 0 Å². The first-order chi connectivity index (χ1) is 17.5. The van der Waals surface area contributed by atoms with Crippen molar-refractivity contribution in [2.75, 3.05) is 24.2 Å². The molecule has 1 aromatic carbocycles. The average molecular weight is 872 g/mol. The minimum absolute atomic E-state index is 0.0402. The van der Waals surface area contributed by atoms with Gasteiger partial charge in [0.2, 0.25) is 0 Å². The van der Waals surface area contributed by atoms with E-state index in [0.717, 1.165) is 27.7 Å². The number of hydrogen-bond acceptors (Lipinski definition) is 11. The number of benzene rings is 1. The van der Waals surface area contributed by atoms with E-state index in [1.165, 1.54) is 6.92 Å². The number of rotatable bonds is 13. The molecule has 0 radical (unpaired) electrons. The Bertz CT molecular complexity index is 1120. The number of ketones is 2. The molecule has 1 aromatic rings. The Morgan fingerprint density at radius 2 is 1.34 bits per heavy atom. The molecule has 4 N–H and O–H groups in total. The second-order valence-corrected chi connectivity index (χ2v) is 11.3. The van der Waals surface area contributed by atoms with Crippen molar-refractivity contribution in [3.05, 3.63) is 16.3 Å². The van der Waals surface area contributed by atoms with Crippen LogP contribution in [0.25, 0.3) is 0 Å². The van der Waals surface area contributed by atoms with E-state index < -0.39 is 59.5 Å². The quantitative estimate of drug-likeness (QED) is 0.0658. The van der Waals surface area contributed by atoms with Gasteiger partial charge in [-0.2, -0.15) is 0 Å². The van der Waals surface area contributed by atoms with Gasteiger partial charge in [0, 0.05) is 40.9 Å². The number of nitrogen functional groups attached to an aromatic ring is 1. The highest BCUT2D eigenvalue weighted by atomic mass is 127. The highest BCUT2D eigenvalue weighted by Crippen LogP contribution is 2.41. The van der Waals surface area contributed by atoms with Crippen molar-refractivity contribution in [2.24, 2.45) is 5.41 Å². The molecule has 0 aliphatic heterocycles. The Morgan fingerprint density at radius 3 is 1.74 bits per heavy atom. The zero-order valence-corrected chi connectivity index (χ0v) is 27.6. The number of ether oxygens (including phenoxy) is 3. The summed E-state index contributed by atoms with van der Waals surface area (Å²) in [4.78, 5) is 74.1. The highest BCUT2D eigenvalue weighted by molar-refractivity contribution is 14.1. The van der Waals surface area contributed by atoms with Gasteiger partial charge >= 0.3 is 23.9 Å². The van der Waals surface area contributed by atoms with Gasteiger partial charge in [-0.15, -0.1) is 0 Å². The number of anilines is 2. The maximum atomic E-state index is 13.6. The zero-order valence-electron chi connectivity index (χ0n) is 21.1. The SMILES string of the molecule is CC(=O)OCCNc1c(I)c(N)c(I)c(CC(C(=O)O)(C(=O)C(C)OC(C)=O)C(=O)C(C)OC(C)=O)c1I. The number of carboxylic acid groups (broad SMARTS) is 1. The van der Waals surface area contributed by atoms with E-state index in [4.69, 9.17) is 19.9 Å². The molecule has 2 unspecified atom stereocenters. The van der Waals surface area contributed by atoms with Gasteiger partial charge in [0.25, 0.3) is 0 Å². The summed E-state index contributed by atoms with van der Waals surface area (Å²) in [6.07, 6.45) is -3.88. The van der Waals surface area contributed by atoms with Crippen molar-refractivity contribution in [3.63, 3.8) is 0 Å². The molecular formula is C23H27I3N2O10. The zero-order chi connectivity index (χ0) is 29.5. The first-order valence-electron chi connectivity index (χ1n) is 11.0. The number of esters is 3. The monoisotopic (exact) mass is 872 g/mol. The first-order valence-corrected chi connectivity index (χ1v) is 14.2. The summed E-state index contributed by atoms with van der Waals surface area (Å²) >= 11 is 5.82. The van der Waals surface area contributed by atoms with Gasteiger partial charge in [-0.1, -0.05) is 0 Å². The van der Waals surface area contributed by atoms with Crippen LogP contribution in [0.2, 0.25) is 0 Å². The third-order valence-electron chi connectivity index (χ3n) is 5.22. The van der Waals surface area contributed by atoms with Crippen LogP contribution in [-0.2, 0) is 49.4 Å². The Morgan fingerprint density at radius 1 is 0.868 bits per heavy atom. The number of aliphatic carboxylic acids is 1. The highest BCUT2D eigenvalue weighted by Gasteiger charge is 2.57. The van der Waals surface area contributed by atoms with Crippen molar-refractivity contribution in [3.8, 4) is 0 Å². The van der Waals surface area contributed by atoms with E-state index in [1.54, 1.807) is 0 Å². The molecule has 0 fully saturated rings. The lowest BCUT2D eigenvalue weighted by molar-refractivity contribution is -0.173. The molecule has 0 amide bonds. The van der Waals surface area contributed by atoms with Crippen molar-refractivity contribution in [1.82, 2.24) is 0 Å². The molecule has 0 bridgehead atoms. The molecule has 0 aromatic heterocycles. The number of nitrogens with one attached hydrogen (secondary N) is 1. The Kier molecular flexibility index (Phi) is 13.1. The number of carboxylic acids is 1. The summed E-state index contributed by atoms with van der Waals surface area (Å²) in [5.41, 5.74) is 4.51. The van der Waals surface area contributed by atoms with Gasteiger partial charge < -0.3 is 30.4 Å². The van der Waals surface area contributed by atoms with Gasteiger partial charge in [-0.25, -0.2) is 0 Å². The van der Waals surface area contributed by atoms with Gasteiger partial charge in [0.05, 0.1) is 14.9 Å². The summed E-state index contributed by atoms with van der Waals surface area (Å²) in [6.45, 7) is 5.89. The van der Waals surface area contributed by atoms with E-state index in [2.05, 4.69) is 5.32 Å². The van der Waals surface area contributed by atoms with Crippen LogP contribution in [0, 0.1) is 16.1 Å². The standard InChI is InChI=1S/C23H27I3N2O10/c1-9(37-12(4)30)20(32)23(22(34)35,21(33)10(2)38-13(5)31)8-14-15(24)18(27)17(26)19(16(14)25)28-6-7-36-11(3)29/h9-10,28H,6-8,27H2,1-5H3,(H,34,35). The molecule has 15 heteroatoms. The topological polar surface area (TPSA) is 188 Å². The number of Topliss-reactive ketones (excluding diaryl/α,β-unsaturated/α-hetero) is 2. The lowest BCUT2D eigenvalue weighted by atomic mass is 9.71. The largest absolute Gasteiger partial charge is 0.480 e. The molecule has 0 aliphatic rings. The lowest BCUT2D eigenvalue weighted by Crippen LogP contribution is -2.56. The van der Waals surface area contributed by atoms with Crippen molar-refractivity contribution in [2.45, 2.75) is 53.2 Å². The second-order valence-electron chi connectivity index (χ2n) is 8.10. The van der Waals surface area contributed by atoms with Crippen LogP contribution in [0.15, 0.2) is 0 Å². The van der Waals surface area contributed by atoms with Crippen molar-refractivity contribution < 1.29 is 48.1 Å². The molecular weight excluding hydrogens is 845 g/mol. The molecule has 0 saturated heterocycles. The number of halogens is 3. The van der Waals surface area contributed by atoms with Crippen LogP contribution < -0.4 is 11.1 Å². The molecule has 0 saturated carbocycles. The minimum Gasteiger partial charge on any atom is -0.480 e. The van der Waals surface area contributed by atoms with Gasteiger partial charge in [0.1, 0.15) is 6.61 Å². The van der Waals surface area contributed by atoms with E-state index >= 15 is 0 Å². The van der Waals surface area contributed by atoms with Crippen LogP contribution in [0.3, 0.4) is 0 Å². The van der Waals surface area contributed by atoms with Crippen LogP contribution >= 0.6 is 67.8 Å². The van der Waals surface area contributed by atoms with Crippen LogP contribution in [-0.4, -0.2) is 65.9 Å². The second kappa shape index (κ2) is 14.6. The van der Waals surface area contributed by atoms with Crippen LogP contribution in [0.5, 0.6) is 0 Å². The number of carbonyl (C=O) groups excluding carboxylic acids is 5. The molecule has 210 valence electrons. The summed E-state index contributed by atoms with van der Waals surface area (Å²) < 4.78 is 16.2. The molecule has 0 heterocycles. The maximum Gasteiger partial charge on any atom is 0.325 e. The fourth-order valence-electron chi connectivity index (χ4n) is 3.56. The normalized spacial score (nSPS) is 13.9. The van der Waals surface area contributed by atoms with E-state index in [9.17, 15) is 33.9 Å². The molecule has 0 aliphatic carbocycles. The summed E-state index contributed by atoms with van der Waals surface area (Å²) in [6, 6.07) is 0. The molecule has 12 nitrogen and oxygen atoms in total. The van der Waals surface area contributed by atoms with Gasteiger partial charge in [-0.05, 0) is 87.2 Å². The Labute approximate surface area is 259 Å².